The van der Waals surface area contributed by atoms with Gasteiger partial charge in [-0.05, 0) is 55.0 Å². The fourth-order valence-electron chi connectivity index (χ4n) is 2.84. The first-order valence-electron chi connectivity index (χ1n) is 9.43. The number of amides is 2. The molecule has 0 radical (unpaired) electrons. The van der Waals surface area contributed by atoms with Gasteiger partial charge in [0.05, 0.1) is 18.0 Å². The number of anilines is 1. The Morgan fingerprint density at radius 1 is 1.07 bits per heavy atom. The number of hydrogen-bond acceptors (Lipinski definition) is 6. The van der Waals surface area contributed by atoms with Crippen LogP contribution in [-0.4, -0.2) is 56.3 Å². The number of carbonyl (C=O) groups is 2. The molecular formula is C21H24N6O2S. The van der Waals surface area contributed by atoms with E-state index in [9.17, 15) is 9.59 Å². The maximum atomic E-state index is 12.5. The highest BCUT2D eigenvalue weighted by atomic mass is 32.2. The van der Waals surface area contributed by atoms with Crippen molar-refractivity contribution in [3.63, 3.8) is 0 Å². The molecule has 0 spiro atoms. The van der Waals surface area contributed by atoms with Crippen LogP contribution in [0.2, 0.25) is 0 Å². The maximum absolute atomic E-state index is 12.5. The van der Waals surface area contributed by atoms with Crippen LogP contribution in [0.4, 0.5) is 5.69 Å². The van der Waals surface area contributed by atoms with E-state index < -0.39 is 0 Å². The summed E-state index contributed by atoms with van der Waals surface area (Å²) in [7, 11) is 1.60. The van der Waals surface area contributed by atoms with Crippen LogP contribution < -0.4 is 5.32 Å². The Kier molecular flexibility index (Phi) is 6.83. The van der Waals surface area contributed by atoms with Crippen LogP contribution in [0.1, 0.15) is 16.7 Å². The summed E-state index contributed by atoms with van der Waals surface area (Å²) in [5.41, 5.74) is 4.87. The molecule has 0 aliphatic rings. The Hall–Kier alpha value is -3.20. The number of aryl methyl sites for hydroxylation is 3. The number of nitrogens with one attached hydrogen (secondary N) is 1. The number of hydrogen-bond donors (Lipinski definition) is 1. The van der Waals surface area contributed by atoms with Gasteiger partial charge >= 0.3 is 0 Å². The van der Waals surface area contributed by atoms with Gasteiger partial charge in [-0.25, -0.2) is 0 Å². The van der Waals surface area contributed by atoms with E-state index in [0.717, 1.165) is 22.4 Å². The van der Waals surface area contributed by atoms with Crippen molar-refractivity contribution in [2.75, 3.05) is 24.7 Å². The molecule has 3 aromatic rings. The molecule has 0 aliphatic carbocycles. The molecule has 0 atom stereocenters. The van der Waals surface area contributed by atoms with Crippen LogP contribution in [0.25, 0.3) is 5.69 Å². The summed E-state index contributed by atoms with van der Waals surface area (Å²) < 4.78 is 1.62. The third kappa shape index (κ3) is 5.44. The summed E-state index contributed by atoms with van der Waals surface area (Å²) in [4.78, 5) is 26.1. The predicted octanol–water partition coefficient (Wildman–Crippen LogP) is 2.78. The van der Waals surface area contributed by atoms with Crippen molar-refractivity contribution in [3.8, 4) is 5.69 Å². The van der Waals surface area contributed by atoms with Crippen molar-refractivity contribution in [1.82, 2.24) is 25.1 Å². The number of carbonyl (C=O) groups excluding carboxylic acids is 2. The number of nitrogens with zero attached hydrogens (tertiary/aromatic N) is 5. The molecule has 30 heavy (non-hydrogen) atoms. The van der Waals surface area contributed by atoms with E-state index in [4.69, 9.17) is 0 Å². The van der Waals surface area contributed by atoms with Crippen molar-refractivity contribution in [2.24, 2.45) is 0 Å². The molecule has 0 saturated carbocycles. The molecule has 3 rings (SSSR count). The molecule has 1 aromatic heterocycles. The van der Waals surface area contributed by atoms with E-state index >= 15 is 0 Å². The van der Waals surface area contributed by atoms with Gasteiger partial charge in [0.15, 0.2) is 0 Å². The second kappa shape index (κ2) is 9.53. The molecule has 2 aromatic carbocycles. The molecule has 0 saturated heterocycles. The van der Waals surface area contributed by atoms with Crippen molar-refractivity contribution in [2.45, 2.75) is 25.9 Å². The van der Waals surface area contributed by atoms with Crippen LogP contribution in [0, 0.1) is 20.8 Å². The quantitative estimate of drug-likeness (QED) is 0.586. The summed E-state index contributed by atoms with van der Waals surface area (Å²) in [6.45, 7) is 5.96. The zero-order valence-corrected chi connectivity index (χ0v) is 18.2. The first kappa shape index (κ1) is 21.5. The second-order valence-electron chi connectivity index (χ2n) is 7.12. The summed E-state index contributed by atoms with van der Waals surface area (Å²) in [6, 6.07) is 13.5. The molecule has 0 unspecified atom stereocenters. The van der Waals surface area contributed by atoms with Gasteiger partial charge in [0.1, 0.15) is 0 Å². The smallest absolute Gasteiger partial charge is 0.243 e. The van der Waals surface area contributed by atoms with E-state index in [-0.39, 0.29) is 24.1 Å². The van der Waals surface area contributed by atoms with Crippen molar-refractivity contribution >= 4 is 29.3 Å². The number of aromatic nitrogens is 4. The highest BCUT2D eigenvalue weighted by Gasteiger charge is 2.17. The molecule has 1 N–H and O–H groups in total. The summed E-state index contributed by atoms with van der Waals surface area (Å²) in [6.07, 6.45) is 0. The van der Waals surface area contributed by atoms with Crippen LogP contribution in [-0.2, 0) is 9.59 Å². The van der Waals surface area contributed by atoms with Gasteiger partial charge in [-0.3, -0.25) is 9.59 Å². The fourth-order valence-corrected chi connectivity index (χ4v) is 3.66. The zero-order valence-electron chi connectivity index (χ0n) is 17.4. The Morgan fingerprint density at radius 3 is 2.47 bits per heavy atom. The lowest BCUT2D eigenvalue weighted by Gasteiger charge is -2.16. The van der Waals surface area contributed by atoms with E-state index in [1.54, 1.807) is 11.7 Å². The van der Waals surface area contributed by atoms with Crippen LogP contribution in [0.3, 0.4) is 0 Å². The predicted molar refractivity (Wildman–Crippen MR) is 117 cm³/mol. The SMILES string of the molecule is Cc1ccc(NC(=O)CN(C)C(=O)CSc2nnnn2-c2ccc(C)cc2C)cc1. The second-order valence-corrected chi connectivity index (χ2v) is 8.06. The highest BCUT2D eigenvalue weighted by molar-refractivity contribution is 7.99. The first-order chi connectivity index (χ1) is 14.3. The topological polar surface area (TPSA) is 93.0 Å². The van der Waals surface area contributed by atoms with Gasteiger partial charge in [-0.1, -0.05) is 47.2 Å². The standard InChI is InChI=1S/C21H24N6O2S/c1-14-5-8-17(9-6-14)22-19(28)12-26(4)20(29)13-30-21-23-24-25-27(21)18-10-7-15(2)11-16(18)3/h5-11H,12-13H2,1-4H3,(H,22,28). The zero-order chi connectivity index (χ0) is 21.7. The number of thioether (sulfide) groups is 1. The monoisotopic (exact) mass is 424 g/mol. The van der Waals surface area contributed by atoms with Crippen LogP contribution in [0.15, 0.2) is 47.6 Å². The highest BCUT2D eigenvalue weighted by Crippen LogP contribution is 2.21. The molecular weight excluding hydrogens is 400 g/mol. The summed E-state index contributed by atoms with van der Waals surface area (Å²) in [5.74, 6) is -0.311. The number of rotatable bonds is 7. The van der Waals surface area contributed by atoms with E-state index in [1.807, 2.05) is 57.2 Å². The van der Waals surface area contributed by atoms with Gasteiger partial charge in [0.2, 0.25) is 17.0 Å². The molecule has 0 aliphatic heterocycles. The fraction of sp³-hybridized carbons (Fsp3) is 0.286. The Labute approximate surface area is 179 Å². The minimum Gasteiger partial charge on any atom is -0.336 e. The molecule has 0 fully saturated rings. The van der Waals surface area contributed by atoms with Crippen LogP contribution in [0.5, 0.6) is 0 Å². The summed E-state index contributed by atoms with van der Waals surface area (Å²) in [5, 5.41) is 15.1. The van der Waals surface area contributed by atoms with Crippen molar-refractivity contribution in [3.05, 3.63) is 59.2 Å². The maximum Gasteiger partial charge on any atom is 0.243 e. The van der Waals surface area contributed by atoms with Gasteiger partial charge in [-0.2, -0.15) is 4.68 Å². The van der Waals surface area contributed by atoms with Gasteiger partial charge in [0, 0.05) is 12.7 Å². The van der Waals surface area contributed by atoms with Gasteiger partial charge in [0.25, 0.3) is 0 Å². The van der Waals surface area contributed by atoms with E-state index in [0.29, 0.717) is 10.8 Å². The van der Waals surface area contributed by atoms with Crippen molar-refractivity contribution < 1.29 is 9.59 Å². The normalized spacial score (nSPS) is 10.7. The third-order valence-electron chi connectivity index (χ3n) is 4.49. The Bertz CT molecular complexity index is 1050. The first-order valence-corrected chi connectivity index (χ1v) is 10.4. The minimum atomic E-state index is -0.250. The molecule has 1 heterocycles. The van der Waals surface area contributed by atoms with Gasteiger partial charge in [-0.15, -0.1) is 5.10 Å². The largest absolute Gasteiger partial charge is 0.336 e. The Balaban J connectivity index is 1.56. The third-order valence-corrected chi connectivity index (χ3v) is 5.39. The average Bonchev–Trinajstić information content (AvgIpc) is 3.16. The number of benzene rings is 2. The Morgan fingerprint density at radius 2 is 1.77 bits per heavy atom. The summed E-state index contributed by atoms with van der Waals surface area (Å²) >= 11 is 1.23. The molecule has 156 valence electrons. The lowest BCUT2D eigenvalue weighted by molar-refractivity contribution is -0.131. The molecule has 0 bridgehead atoms. The minimum absolute atomic E-state index is 0.0325. The lowest BCUT2D eigenvalue weighted by Crippen LogP contribution is -2.36. The van der Waals surface area contributed by atoms with E-state index in [2.05, 4.69) is 26.9 Å². The average molecular weight is 425 g/mol. The molecule has 2 amide bonds. The molecule has 9 heteroatoms. The molecule has 8 nitrogen and oxygen atoms in total. The van der Waals surface area contributed by atoms with Crippen molar-refractivity contribution in [1.29, 1.82) is 0 Å². The number of likely N-dealkylation sites (N-methyl/N-ethyl adjacent to an activating group) is 1. The van der Waals surface area contributed by atoms with Crippen LogP contribution >= 0.6 is 11.8 Å². The lowest BCUT2D eigenvalue weighted by atomic mass is 10.1. The van der Waals surface area contributed by atoms with E-state index in [1.165, 1.54) is 16.7 Å². The van der Waals surface area contributed by atoms with Gasteiger partial charge < -0.3 is 10.2 Å². The number of tetrazole rings is 1.